The summed E-state index contributed by atoms with van der Waals surface area (Å²) in [5.74, 6) is 0.426. The molecule has 0 bridgehead atoms. The van der Waals surface area contributed by atoms with Crippen molar-refractivity contribution in [1.82, 2.24) is 4.98 Å². The zero-order valence-electron chi connectivity index (χ0n) is 10.6. The summed E-state index contributed by atoms with van der Waals surface area (Å²) >= 11 is 0. The molecule has 0 aliphatic heterocycles. The summed E-state index contributed by atoms with van der Waals surface area (Å²) in [4.78, 5) is 3.46. The maximum atomic E-state index is 12.4. The molecule has 0 saturated heterocycles. The van der Waals surface area contributed by atoms with Gasteiger partial charge in [0.1, 0.15) is 5.69 Å². The van der Waals surface area contributed by atoms with E-state index in [2.05, 4.69) is 4.98 Å². The lowest BCUT2D eigenvalue weighted by atomic mass is 10.0. The molecular formula is C15H13F3N2. The Morgan fingerprint density at radius 3 is 2.05 bits per heavy atom. The molecule has 104 valence electrons. The monoisotopic (exact) mass is 278 g/mol. The van der Waals surface area contributed by atoms with E-state index in [0.717, 1.165) is 18.1 Å². The van der Waals surface area contributed by atoms with Gasteiger partial charge in [-0.3, -0.25) is 4.98 Å². The Hall–Kier alpha value is -1.88. The van der Waals surface area contributed by atoms with E-state index in [1.165, 1.54) is 17.8 Å². The van der Waals surface area contributed by atoms with Crippen LogP contribution in [0.2, 0.25) is 0 Å². The van der Waals surface area contributed by atoms with Crippen molar-refractivity contribution < 1.29 is 13.2 Å². The molecule has 1 aliphatic carbocycles. The third-order valence-corrected chi connectivity index (χ3v) is 3.57. The predicted molar refractivity (Wildman–Crippen MR) is 70.0 cm³/mol. The van der Waals surface area contributed by atoms with Crippen LogP contribution in [0.25, 0.3) is 11.1 Å². The van der Waals surface area contributed by atoms with Crippen LogP contribution in [0.1, 0.15) is 23.6 Å². The summed E-state index contributed by atoms with van der Waals surface area (Å²) in [6.45, 7) is 0. The molecular weight excluding hydrogens is 265 g/mol. The van der Waals surface area contributed by atoms with Crippen LogP contribution in [-0.4, -0.2) is 11.0 Å². The van der Waals surface area contributed by atoms with Crippen molar-refractivity contribution in [3.05, 3.63) is 53.9 Å². The first-order chi connectivity index (χ1) is 9.45. The van der Waals surface area contributed by atoms with Gasteiger partial charge in [-0.25, -0.2) is 0 Å². The van der Waals surface area contributed by atoms with Crippen molar-refractivity contribution in [3.63, 3.8) is 0 Å². The van der Waals surface area contributed by atoms with Gasteiger partial charge < -0.3 is 5.73 Å². The first-order valence-corrected chi connectivity index (χ1v) is 6.34. The fourth-order valence-electron chi connectivity index (χ4n) is 2.25. The molecule has 1 aromatic carbocycles. The van der Waals surface area contributed by atoms with Gasteiger partial charge in [0.25, 0.3) is 0 Å². The van der Waals surface area contributed by atoms with Crippen molar-refractivity contribution >= 4 is 0 Å². The minimum atomic E-state index is -4.40. The van der Waals surface area contributed by atoms with Crippen LogP contribution in [0.15, 0.2) is 42.6 Å². The van der Waals surface area contributed by atoms with E-state index < -0.39 is 11.9 Å². The van der Waals surface area contributed by atoms with E-state index in [-0.39, 0.29) is 6.04 Å². The number of pyridine rings is 1. The van der Waals surface area contributed by atoms with Crippen LogP contribution in [-0.2, 0) is 6.18 Å². The molecule has 0 spiro atoms. The summed E-state index contributed by atoms with van der Waals surface area (Å²) in [5.41, 5.74) is 7.62. The molecule has 1 saturated carbocycles. The number of hydrogen-bond acceptors (Lipinski definition) is 2. The van der Waals surface area contributed by atoms with Gasteiger partial charge in [0.05, 0.1) is 0 Å². The van der Waals surface area contributed by atoms with Crippen LogP contribution in [0.3, 0.4) is 0 Å². The standard InChI is InChI=1S/C15H13F3N2/c16-15(17,18)14-6-5-11(8-20-14)9-1-3-10(4-2-9)12-7-13(12)19/h1-6,8,12-13H,7,19H2. The third kappa shape index (κ3) is 2.54. The maximum Gasteiger partial charge on any atom is 0.433 e. The van der Waals surface area contributed by atoms with E-state index in [1.54, 1.807) is 0 Å². The van der Waals surface area contributed by atoms with E-state index in [0.29, 0.717) is 11.5 Å². The summed E-state index contributed by atoms with van der Waals surface area (Å²) in [6.07, 6.45) is -2.15. The molecule has 2 aromatic rings. The van der Waals surface area contributed by atoms with Crippen LogP contribution in [0.5, 0.6) is 0 Å². The highest BCUT2D eigenvalue weighted by molar-refractivity contribution is 5.63. The maximum absolute atomic E-state index is 12.4. The molecule has 2 nitrogen and oxygen atoms in total. The highest BCUT2D eigenvalue weighted by Gasteiger charge is 2.34. The van der Waals surface area contributed by atoms with Crippen molar-refractivity contribution in [3.8, 4) is 11.1 Å². The molecule has 1 fully saturated rings. The average Bonchev–Trinajstić information content (AvgIpc) is 3.15. The Bertz CT molecular complexity index is 603. The van der Waals surface area contributed by atoms with Gasteiger partial charge in [-0.15, -0.1) is 0 Å². The molecule has 0 radical (unpaired) electrons. The van der Waals surface area contributed by atoms with Gasteiger partial charge in [0.2, 0.25) is 0 Å². The number of hydrogen-bond donors (Lipinski definition) is 1. The lowest BCUT2D eigenvalue weighted by Crippen LogP contribution is -2.07. The van der Waals surface area contributed by atoms with E-state index in [9.17, 15) is 13.2 Å². The van der Waals surface area contributed by atoms with Gasteiger partial charge in [-0.1, -0.05) is 30.3 Å². The predicted octanol–water partition coefficient (Wildman–Crippen LogP) is 3.58. The molecule has 2 N–H and O–H groups in total. The smallest absolute Gasteiger partial charge is 0.327 e. The van der Waals surface area contributed by atoms with Crippen LogP contribution < -0.4 is 5.73 Å². The van der Waals surface area contributed by atoms with Crippen LogP contribution in [0, 0.1) is 0 Å². The normalized spacial score (nSPS) is 21.8. The Balaban J connectivity index is 1.82. The highest BCUT2D eigenvalue weighted by atomic mass is 19.4. The van der Waals surface area contributed by atoms with Crippen LogP contribution in [0.4, 0.5) is 13.2 Å². The Morgan fingerprint density at radius 2 is 1.60 bits per heavy atom. The zero-order valence-corrected chi connectivity index (χ0v) is 10.6. The fraction of sp³-hybridized carbons (Fsp3) is 0.267. The number of alkyl halides is 3. The first-order valence-electron chi connectivity index (χ1n) is 6.34. The van der Waals surface area contributed by atoms with Gasteiger partial charge in [-0.05, 0) is 23.6 Å². The van der Waals surface area contributed by atoms with Crippen molar-refractivity contribution in [2.24, 2.45) is 5.73 Å². The molecule has 20 heavy (non-hydrogen) atoms. The van der Waals surface area contributed by atoms with Gasteiger partial charge in [-0.2, -0.15) is 13.2 Å². The SMILES string of the molecule is NC1CC1c1ccc(-c2ccc(C(F)(F)F)nc2)cc1. The van der Waals surface area contributed by atoms with Crippen molar-refractivity contribution in [2.75, 3.05) is 0 Å². The number of halogens is 3. The minimum absolute atomic E-state index is 0.244. The molecule has 1 heterocycles. The van der Waals surface area contributed by atoms with Gasteiger partial charge in [0, 0.05) is 23.7 Å². The zero-order chi connectivity index (χ0) is 14.3. The number of nitrogens with two attached hydrogens (primary N) is 1. The summed E-state index contributed by atoms with van der Waals surface area (Å²) in [7, 11) is 0. The Labute approximate surface area is 114 Å². The summed E-state index contributed by atoms with van der Waals surface area (Å²) in [6, 6.07) is 10.4. The van der Waals surface area contributed by atoms with Crippen molar-refractivity contribution in [2.45, 2.75) is 24.6 Å². The van der Waals surface area contributed by atoms with E-state index in [4.69, 9.17) is 5.73 Å². The topological polar surface area (TPSA) is 38.9 Å². The molecule has 1 aliphatic rings. The second-order valence-corrected chi connectivity index (χ2v) is 5.06. The largest absolute Gasteiger partial charge is 0.433 e. The second kappa shape index (κ2) is 4.59. The number of benzene rings is 1. The summed E-state index contributed by atoms with van der Waals surface area (Å²) in [5, 5.41) is 0. The Morgan fingerprint density at radius 1 is 1.00 bits per heavy atom. The molecule has 3 rings (SSSR count). The second-order valence-electron chi connectivity index (χ2n) is 5.06. The van der Waals surface area contributed by atoms with E-state index >= 15 is 0 Å². The molecule has 2 atom stereocenters. The number of nitrogens with zero attached hydrogens (tertiary/aromatic N) is 1. The highest BCUT2D eigenvalue weighted by Crippen LogP contribution is 2.39. The molecule has 1 aromatic heterocycles. The quantitative estimate of drug-likeness (QED) is 0.911. The summed E-state index contributed by atoms with van der Waals surface area (Å²) < 4.78 is 37.3. The molecule has 0 amide bonds. The lowest BCUT2D eigenvalue weighted by Gasteiger charge is -2.07. The Kier molecular flexibility index (Phi) is 3.01. The first kappa shape index (κ1) is 13.1. The molecule has 5 heteroatoms. The number of rotatable bonds is 2. The molecule has 2 unspecified atom stereocenters. The van der Waals surface area contributed by atoms with Gasteiger partial charge >= 0.3 is 6.18 Å². The number of aromatic nitrogens is 1. The average molecular weight is 278 g/mol. The van der Waals surface area contributed by atoms with E-state index in [1.807, 2.05) is 24.3 Å². The van der Waals surface area contributed by atoms with Crippen molar-refractivity contribution in [1.29, 1.82) is 0 Å². The van der Waals surface area contributed by atoms with Gasteiger partial charge in [0.15, 0.2) is 0 Å². The lowest BCUT2D eigenvalue weighted by molar-refractivity contribution is -0.141. The fourth-order valence-corrected chi connectivity index (χ4v) is 2.25. The van der Waals surface area contributed by atoms with Crippen LogP contribution >= 0.6 is 0 Å². The minimum Gasteiger partial charge on any atom is -0.327 e. The third-order valence-electron chi connectivity index (χ3n) is 3.57.